The van der Waals surface area contributed by atoms with Gasteiger partial charge in [0.2, 0.25) is 0 Å². The van der Waals surface area contributed by atoms with Gasteiger partial charge in [0, 0.05) is 25.7 Å². The lowest BCUT2D eigenvalue weighted by Crippen LogP contribution is -2.33. The van der Waals surface area contributed by atoms with Crippen LogP contribution in [0, 0.1) is 11.6 Å². The summed E-state index contributed by atoms with van der Waals surface area (Å²) in [4.78, 5) is 6.25. The van der Waals surface area contributed by atoms with Crippen LogP contribution < -0.4 is 10.6 Å². The molecule has 6 heteroatoms. The van der Waals surface area contributed by atoms with Crippen molar-refractivity contribution >= 4 is 11.6 Å². The van der Waals surface area contributed by atoms with E-state index in [1.807, 2.05) is 6.92 Å². The van der Waals surface area contributed by atoms with E-state index in [1.54, 1.807) is 7.05 Å². The summed E-state index contributed by atoms with van der Waals surface area (Å²) in [6.45, 7) is 5.00. The first-order valence-electron chi connectivity index (χ1n) is 6.63. The number of nitrogens with one attached hydrogen (secondary N) is 2. The molecule has 0 bridgehead atoms. The van der Waals surface area contributed by atoms with Crippen molar-refractivity contribution in [1.82, 2.24) is 9.88 Å². The average molecular weight is 270 g/mol. The molecule has 1 saturated heterocycles. The van der Waals surface area contributed by atoms with Crippen molar-refractivity contribution in [1.29, 1.82) is 0 Å². The quantitative estimate of drug-likeness (QED) is 0.861. The molecule has 1 atom stereocenters. The molecule has 0 saturated carbocycles. The largest absolute Gasteiger partial charge is 0.371 e. The van der Waals surface area contributed by atoms with Crippen LogP contribution in [0.2, 0.25) is 0 Å². The Bertz CT molecular complexity index is 433. The summed E-state index contributed by atoms with van der Waals surface area (Å²) in [5.41, 5.74) is 0. The number of hydrogen-bond donors (Lipinski definition) is 2. The smallest absolute Gasteiger partial charge is 0.168 e. The lowest BCUT2D eigenvalue weighted by molar-refractivity contribution is 0.327. The SMILES string of the molecule is CNc1nc(NC(C)CN2CCCC2)c(F)cc1F. The molecule has 1 aromatic rings. The summed E-state index contributed by atoms with van der Waals surface area (Å²) >= 11 is 0. The molecule has 1 aliphatic rings. The molecule has 1 aromatic heterocycles. The highest BCUT2D eigenvalue weighted by Gasteiger charge is 2.17. The maximum Gasteiger partial charge on any atom is 0.168 e. The molecule has 1 fully saturated rings. The van der Waals surface area contributed by atoms with Gasteiger partial charge in [-0.1, -0.05) is 0 Å². The minimum Gasteiger partial charge on any atom is -0.371 e. The number of likely N-dealkylation sites (tertiary alicyclic amines) is 1. The van der Waals surface area contributed by atoms with Crippen LogP contribution in [0.15, 0.2) is 6.07 Å². The van der Waals surface area contributed by atoms with Crippen LogP contribution in [-0.2, 0) is 0 Å². The van der Waals surface area contributed by atoms with Gasteiger partial charge >= 0.3 is 0 Å². The molecule has 0 radical (unpaired) electrons. The zero-order chi connectivity index (χ0) is 13.8. The lowest BCUT2D eigenvalue weighted by atomic mass is 10.3. The van der Waals surface area contributed by atoms with Gasteiger partial charge in [0.1, 0.15) is 0 Å². The van der Waals surface area contributed by atoms with Gasteiger partial charge in [-0.15, -0.1) is 0 Å². The van der Waals surface area contributed by atoms with Crippen LogP contribution in [0.25, 0.3) is 0 Å². The predicted octanol–water partition coefficient (Wildman–Crippen LogP) is 2.30. The second-order valence-electron chi connectivity index (χ2n) is 4.95. The second kappa shape index (κ2) is 6.14. The van der Waals surface area contributed by atoms with E-state index >= 15 is 0 Å². The first kappa shape index (κ1) is 14.0. The zero-order valence-corrected chi connectivity index (χ0v) is 11.3. The highest BCUT2D eigenvalue weighted by Crippen LogP contribution is 2.19. The molecule has 106 valence electrons. The monoisotopic (exact) mass is 270 g/mol. The molecule has 1 aliphatic heterocycles. The normalized spacial score (nSPS) is 17.5. The number of aromatic nitrogens is 1. The molecule has 0 spiro atoms. The fourth-order valence-electron chi connectivity index (χ4n) is 2.37. The minimum absolute atomic E-state index is 0.0530. The number of nitrogens with zero attached hydrogens (tertiary/aromatic N) is 2. The lowest BCUT2D eigenvalue weighted by Gasteiger charge is -2.22. The third-order valence-corrected chi connectivity index (χ3v) is 3.28. The Morgan fingerprint density at radius 1 is 1.26 bits per heavy atom. The van der Waals surface area contributed by atoms with Crippen LogP contribution in [0.3, 0.4) is 0 Å². The third-order valence-electron chi connectivity index (χ3n) is 3.28. The van der Waals surface area contributed by atoms with Crippen molar-refractivity contribution in [2.75, 3.05) is 37.3 Å². The van der Waals surface area contributed by atoms with Crippen LogP contribution in [0.5, 0.6) is 0 Å². The zero-order valence-electron chi connectivity index (χ0n) is 11.3. The summed E-state index contributed by atoms with van der Waals surface area (Å²) < 4.78 is 26.9. The Hall–Kier alpha value is -1.43. The van der Waals surface area contributed by atoms with Crippen molar-refractivity contribution in [3.63, 3.8) is 0 Å². The number of rotatable bonds is 5. The van der Waals surface area contributed by atoms with Crippen molar-refractivity contribution in [2.45, 2.75) is 25.8 Å². The number of pyridine rings is 1. The predicted molar refractivity (Wildman–Crippen MR) is 72.5 cm³/mol. The molecule has 0 aliphatic carbocycles. The van der Waals surface area contributed by atoms with Gasteiger partial charge in [-0.25, -0.2) is 13.8 Å². The van der Waals surface area contributed by atoms with Crippen LogP contribution in [0.4, 0.5) is 20.4 Å². The van der Waals surface area contributed by atoms with Crippen LogP contribution in [0.1, 0.15) is 19.8 Å². The Kier molecular flexibility index (Phi) is 4.52. The van der Waals surface area contributed by atoms with E-state index in [9.17, 15) is 8.78 Å². The fraction of sp³-hybridized carbons (Fsp3) is 0.615. The third kappa shape index (κ3) is 3.53. The van der Waals surface area contributed by atoms with Gasteiger partial charge < -0.3 is 15.5 Å². The maximum atomic E-state index is 13.6. The summed E-state index contributed by atoms with van der Waals surface area (Å²) in [6.07, 6.45) is 2.44. The van der Waals surface area contributed by atoms with Gasteiger partial charge in [0.25, 0.3) is 0 Å². The molecular formula is C13H20F2N4. The van der Waals surface area contributed by atoms with E-state index in [0.29, 0.717) is 0 Å². The summed E-state index contributed by atoms with van der Waals surface area (Å²) in [5.74, 6) is -1.20. The molecule has 2 rings (SSSR count). The molecular weight excluding hydrogens is 250 g/mol. The molecule has 0 amide bonds. The second-order valence-corrected chi connectivity index (χ2v) is 4.95. The Labute approximate surface area is 112 Å². The summed E-state index contributed by atoms with van der Waals surface area (Å²) in [5, 5.41) is 5.61. The van der Waals surface area contributed by atoms with Gasteiger partial charge in [0.15, 0.2) is 23.3 Å². The van der Waals surface area contributed by atoms with Crippen molar-refractivity contribution in [3.05, 3.63) is 17.7 Å². The molecule has 0 aromatic carbocycles. The molecule has 19 heavy (non-hydrogen) atoms. The van der Waals surface area contributed by atoms with E-state index < -0.39 is 11.6 Å². The van der Waals surface area contributed by atoms with Gasteiger partial charge in [0.05, 0.1) is 0 Å². The van der Waals surface area contributed by atoms with Gasteiger partial charge in [-0.3, -0.25) is 0 Å². The minimum atomic E-state index is -0.683. The summed E-state index contributed by atoms with van der Waals surface area (Å²) in [6, 6.07) is 0.916. The molecule has 2 heterocycles. The van der Waals surface area contributed by atoms with E-state index in [4.69, 9.17) is 0 Å². The number of halogens is 2. The van der Waals surface area contributed by atoms with E-state index in [2.05, 4.69) is 20.5 Å². The standard InChI is InChI=1S/C13H20F2N4/c1-9(8-19-5-3-4-6-19)17-13-11(15)7-10(14)12(16-2)18-13/h7,9H,3-6,8H2,1-2H3,(H2,16,17,18). The van der Waals surface area contributed by atoms with Crippen molar-refractivity contribution in [2.24, 2.45) is 0 Å². The van der Waals surface area contributed by atoms with Crippen molar-refractivity contribution < 1.29 is 8.78 Å². The highest BCUT2D eigenvalue weighted by atomic mass is 19.1. The first-order valence-corrected chi connectivity index (χ1v) is 6.63. The molecule has 4 nitrogen and oxygen atoms in total. The van der Waals surface area contributed by atoms with E-state index in [-0.39, 0.29) is 17.7 Å². The summed E-state index contributed by atoms with van der Waals surface area (Å²) in [7, 11) is 1.56. The Balaban J connectivity index is 2.01. The highest BCUT2D eigenvalue weighted by molar-refractivity contribution is 5.47. The van der Waals surface area contributed by atoms with Gasteiger partial charge in [-0.2, -0.15) is 0 Å². The van der Waals surface area contributed by atoms with E-state index in [1.165, 1.54) is 12.8 Å². The van der Waals surface area contributed by atoms with Crippen LogP contribution >= 0.6 is 0 Å². The average Bonchev–Trinajstić information content (AvgIpc) is 2.85. The molecule has 1 unspecified atom stereocenters. The topological polar surface area (TPSA) is 40.2 Å². The Morgan fingerprint density at radius 2 is 1.89 bits per heavy atom. The van der Waals surface area contributed by atoms with Crippen LogP contribution in [-0.4, -0.2) is 42.6 Å². The maximum absolute atomic E-state index is 13.6. The first-order chi connectivity index (χ1) is 9.10. The number of anilines is 2. The van der Waals surface area contributed by atoms with Gasteiger partial charge in [-0.05, 0) is 32.9 Å². The number of hydrogen-bond acceptors (Lipinski definition) is 4. The van der Waals surface area contributed by atoms with Crippen molar-refractivity contribution in [3.8, 4) is 0 Å². The van der Waals surface area contributed by atoms with E-state index in [0.717, 1.165) is 25.7 Å². The fourth-order valence-corrected chi connectivity index (χ4v) is 2.37. The molecule has 2 N–H and O–H groups in total. The Morgan fingerprint density at radius 3 is 2.53 bits per heavy atom.